The van der Waals surface area contributed by atoms with E-state index in [2.05, 4.69) is 0 Å². The first-order valence-corrected chi connectivity index (χ1v) is 6.24. The average Bonchev–Trinajstić information content (AvgIpc) is 2.26. The van der Waals surface area contributed by atoms with E-state index >= 15 is 0 Å². The Bertz CT molecular complexity index is 431. The van der Waals surface area contributed by atoms with Crippen LogP contribution < -0.4 is 0 Å². The van der Waals surface area contributed by atoms with E-state index in [1.54, 1.807) is 24.3 Å². The summed E-state index contributed by atoms with van der Waals surface area (Å²) < 4.78 is 5.30. The van der Waals surface area contributed by atoms with E-state index in [0.717, 1.165) is 0 Å². The Kier molecular flexibility index (Phi) is 5.10. The van der Waals surface area contributed by atoms with Crippen molar-refractivity contribution < 1.29 is 19.4 Å². The second kappa shape index (κ2) is 6.36. The van der Waals surface area contributed by atoms with Crippen molar-refractivity contribution in [3.05, 3.63) is 35.9 Å². The van der Waals surface area contributed by atoms with Gasteiger partial charge in [-0.3, -0.25) is 9.59 Å². The van der Waals surface area contributed by atoms with Gasteiger partial charge in [-0.1, -0.05) is 51.1 Å². The maximum absolute atomic E-state index is 11.8. The van der Waals surface area contributed by atoms with Crippen molar-refractivity contribution in [2.75, 3.05) is 0 Å². The lowest BCUT2D eigenvalue weighted by Crippen LogP contribution is -2.19. The van der Waals surface area contributed by atoms with E-state index in [-0.39, 0.29) is 24.2 Å². The molecule has 1 aromatic rings. The molecule has 0 amide bonds. The molecule has 19 heavy (non-hydrogen) atoms. The molecule has 1 atom stereocenters. The number of hydrogen-bond acceptors (Lipinski definition) is 3. The van der Waals surface area contributed by atoms with Crippen LogP contribution in [0.15, 0.2) is 30.3 Å². The third kappa shape index (κ3) is 6.04. The van der Waals surface area contributed by atoms with E-state index < -0.39 is 12.1 Å². The van der Waals surface area contributed by atoms with Crippen LogP contribution in [0.2, 0.25) is 0 Å². The SMILES string of the molecule is CC(C)(C)CC(=O)OC(CC(=O)O)c1ccccc1. The topological polar surface area (TPSA) is 63.6 Å². The van der Waals surface area contributed by atoms with Crippen LogP contribution in [-0.2, 0) is 14.3 Å². The average molecular weight is 264 g/mol. The predicted molar refractivity (Wildman–Crippen MR) is 71.6 cm³/mol. The van der Waals surface area contributed by atoms with Crippen molar-refractivity contribution in [3.63, 3.8) is 0 Å². The molecule has 0 radical (unpaired) electrons. The maximum Gasteiger partial charge on any atom is 0.307 e. The van der Waals surface area contributed by atoms with E-state index in [0.29, 0.717) is 5.56 Å². The van der Waals surface area contributed by atoms with Gasteiger partial charge in [0, 0.05) is 0 Å². The van der Waals surface area contributed by atoms with Crippen LogP contribution in [0.3, 0.4) is 0 Å². The molecule has 4 nitrogen and oxygen atoms in total. The fraction of sp³-hybridized carbons (Fsp3) is 0.467. The van der Waals surface area contributed by atoms with Crippen molar-refractivity contribution in [3.8, 4) is 0 Å². The lowest BCUT2D eigenvalue weighted by molar-refractivity contribution is -0.155. The molecule has 0 saturated heterocycles. The molecule has 4 heteroatoms. The Morgan fingerprint density at radius 2 is 1.79 bits per heavy atom. The highest BCUT2D eigenvalue weighted by atomic mass is 16.5. The summed E-state index contributed by atoms with van der Waals surface area (Å²) in [5, 5.41) is 8.90. The van der Waals surface area contributed by atoms with Crippen molar-refractivity contribution in [1.82, 2.24) is 0 Å². The zero-order chi connectivity index (χ0) is 14.5. The molecule has 0 saturated carbocycles. The number of carbonyl (C=O) groups excluding carboxylic acids is 1. The summed E-state index contributed by atoms with van der Waals surface area (Å²) in [6.45, 7) is 5.80. The normalized spacial score (nSPS) is 12.8. The second-order valence-corrected chi connectivity index (χ2v) is 5.72. The number of carboxylic acids is 1. The largest absolute Gasteiger partial charge is 0.481 e. The van der Waals surface area contributed by atoms with E-state index in [9.17, 15) is 9.59 Å². The van der Waals surface area contributed by atoms with Crippen LogP contribution in [0.25, 0.3) is 0 Å². The Balaban J connectivity index is 2.76. The number of rotatable bonds is 5. The van der Waals surface area contributed by atoms with Crippen LogP contribution in [0.5, 0.6) is 0 Å². The molecular formula is C15H20O4. The van der Waals surface area contributed by atoms with Gasteiger partial charge in [-0.2, -0.15) is 0 Å². The Morgan fingerprint density at radius 3 is 2.26 bits per heavy atom. The van der Waals surface area contributed by atoms with E-state index in [4.69, 9.17) is 9.84 Å². The first-order valence-electron chi connectivity index (χ1n) is 6.24. The molecule has 0 aromatic heterocycles. The fourth-order valence-electron chi connectivity index (χ4n) is 1.69. The van der Waals surface area contributed by atoms with Gasteiger partial charge in [0.15, 0.2) is 0 Å². The smallest absolute Gasteiger partial charge is 0.307 e. The van der Waals surface area contributed by atoms with Gasteiger partial charge in [0.1, 0.15) is 6.10 Å². The van der Waals surface area contributed by atoms with Crippen LogP contribution in [0.1, 0.15) is 45.3 Å². The molecule has 1 unspecified atom stereocenters. The first-order chi connectivity index (χ1) is 8.78. The van der Waals surface area contributed by atoms with Crippen LogP contribution in [0, 0.1) is 5.41 Å². The fourth-order valence-corrected chi connectivity index (χ4v) is 1.69. The standard InChI is InChI=1S/C15H20O4/c1-15(2,3)10-14(18)19-12(9-13(16)17)11-7-5-4-6-8-11/h4-8,12H,9-10H2,1-3H3,(H,16,17). The van der Waals surface area contributed by atoms with Crippen LogP contribution in [0.4, 0.5) is 0 Å². The molecule has 0 aliphatic carbocycles. The summed E-state index contributed by atoms with van der Waals surface area (Å²) in [4.78, 5) is 22.7. The first kappa shape index (κ1) is 15.2. The molecule has 0 spiro atoms. The number of hydrogen-bond donors (Lipinski definition) is 1. The van der Waals surface area contributed by atoms with E-state index in [1.807, 2.05) is 26.8 Å². The maximum atomic E-state index is 11.8. The van der Waals surface area contributed by atoms with Gasteiger partial charge in [0.2, 0.25) is 0 Å². The highest BCUT2D eigenvalue weighted by molar-refractivity contribution is 5.72. The summed E-state index contributed by atoms with van der Waals surface area (Å²) in [5.74, 6) is -1.36. The van der Waals surface area contributed by atoms with Crippen LogP contribution in [-0.4, -0.2) is 17.0 Å². The van der Waals surface area contributed by atoms with E-state index in [1.165, 1.54) is 0 Å². The quantitative estimate of drug-likeness (QED) is 0.829. The number of benzene rings is 1. The summed E-state index contributed by atoms with van der Waals surface area (Å²) in [5.41, 5.74) is 0.522. The van der Waals surface area contributed by atoms with Crippen molar-refractivity contribution in [2.24, 2.45) is 5.41 Å². The van der Waals surface area contributed by atoms with Gasteiger partial charge in [-0.15, -0.1) is 0 Å². The van der Waals surface area contributed by atoms with Crippen molar-refractivity contribution >= 4 is 11.9 Å². The zero-order valence-corrected chi connectivity index (χ0v) is 11.6. The second-order valence-electron chi connectivity index (χ2n) is 5.72. The van der Waals surface area contributed by atoms with Gasteiger partial charge < -0.3 is 9.84 Å². The molecular weight excluding hydrogens is 244 g/mol. The van der Waals surface area contributed by atoms with Gasteiger partial charge in [-0.25, -0.2) is 0 Å². The molecule has 0 aliphatic heterocycles. The van der Waals surface area contributed by atoms with Crippen LogP contribution >= 0.6 is 0 Å². The monoisotopic (exact) mass is 264 g/mol. The number of ether oxygens (including phenoxy) is 1. The Morgan fingerprint density at radius 1 is 1.21 bits per heavy atom. The zero-order valence-electron chi connectivity index (χ0n) is 11.6. The molecule has 0 bridgehead atoms. The summed E-state index contributed by atoms with van der Waals surface area (Å²) in [6, 6.07) is 8.94. The lowest BCUT2D eigenvalue weighted by atomic mass is 9.92. The summed E-state index contributed by atoms with van der Waals surface area (Å²) >= 11 is 0. The molecule has 1 aromatic carbocycles. The minimum Gasteiger partial charge on any atom is -0.481 e. The molecule has 0 heterocycles. The predicted octanol–water partition coefficient (Wildman–Crippen LogP) is 3.18. The van der Waals surface area contributed by atoms with Gasteiger partial charge >= 0.3 is 11.9 Å². The molecule has 104 valence electrons. The summed E-state index contributed by atoms with van der Waals surface area (Å²) in [7, 11) is 0. The van der Waals surface area contributed by atoms with Gasteiger partial charge in [0.05, 0.1) is 12.8 Å². The van der Waals surface area contributed by atoms with Gasteiger partial charge in [0.25, 0.3) is 0 Å². The molecule has 0 aliphatic rings. The highest BCUT2D eigenvalue weighted by Gasteiger charge is 2.23. The van der Waals surface area contributed by atoms with Gasteiger partial charge in [-0.05, 0) is 11.0 Å². The molecule has 0 fully saturated rings. The van der Waals surface area contributed by atoms with Crippen molar-refractivity contribution in [1.29, 1.82) is 0 Å². The number of aliphatic carboxylic acids is 1. The number of carboxylic acid groups (broad SMARTS) is 1. The molecule has 1 rings (SSSR count). The van der Waals surface area contributed by atoms with Crippen molar-refractivity contribution in [2.45, 2.75) is 39.7 Å². The third-order valence-electron chi connectivity index (χ3n) is 2.48. The summed E-state index contributed by atoms with van der Waals surface area (Å²) in [6.07, 6.45) is -0.691. The third-order valence-corrected chi connectivity index (χ3v) is 2.48. The minimum absolute atomic E-state index is 0.179. The lowest BCUT2D eigenvalue weighted by Gasteiger charge is -2.21. The number of carbonyl (C=O) groups is 2. The Labute approximate surface area is 113 Å². The Hall–Kier alpha value is -1.84. The number of esters is 1. The molecule has 1 N–H and O–H groups in total. The minimum atomic E-state index is -0.989. The highest BCUT2D eigenvalue weighted by Crippen LogP contribution is 2.25.